The van der Waals surface area contributed by atoms with E-state index in [9.17, 15) is 0 Å². The van der Waals surface area contributed by atoms with Crippen LogP contribution in [0.25, 0.3) is 33.8 Å². The molecule has 1 aliphatic heterocycles. The van der Waals surface area contributed by atoms with Gasteiger partial charge in [-0.15, -0.1) is 0 Å². The predicted octanol–water partition coefficient (Wildman–Crippen LogP) is 2.23. The van der Waals surface area contributed by atoms with Crippen LogP contribution in [0.2, 0.25) is 0 Å². The number of rotatable bonds is 8. The van der Waals surface area contributed by atoms with E-state index in [1.54, 1.807) is 6.20 Å². The van der Waals surface area contributed by atoms with Crippen molar-refractivity contribution in [3.63, 3.8) is 0 Å². The lowest BCUT2D eigenvalue weighted by atomic mass is 10.1. The van der Waals surface area contributed by atoms with Crippen LogP contribution in [0.5, 0.6) is 0 Å². The van der Waals surface area contributed by atoms with Crippen LogP contribution < -0.4 is 15.5 Å². The molecule has 3 aromatic heterocycles. The van der Waals surface area contributed by atoms with Crippen LogP contribution >= 0.6 is 0 Å². The Morgan fingerprint density at radius 1 is 1.03 bits per heavy atom. The smallest absolute Gasteiger partial charge is 0.229 e. The van der Waals surface area contributed by atoms with E-state index in [0.29, 0.717) is 30.8 Å². The van der Waals surface area contributed by atoms with Gasteiger partial charge in [0.25, 0.3) is 0 Å². The van der Waals surface area contributed by atoms with Crippen molar-refractivity contribution in [3.8, 4) is 22.8 Å². The van der Waals surface area contributed by atoms with E-state index in [1.165, 1.54) is 5.56 Å². The highest BCUT2D eigenvalue weighted by Crippen LogP contribution is 2.28. The first kappa shape index (κ1) is 21.4. The molecule has 9 nitrogen and oxygen atoms in total. The highest BCUT2D eigenvalue weighted by atomic mass is 16.5. The number of nitrogens with zero attached hydrogens (tertiary/aromatic N) is 5. The largest absolute Gasteiger partial charge is 0.378 e. The predicted molar refractivity (Wildman–Crippen MR) is 129 cm³/mol. The molecule has 33 heavy (non-hydrogen) atoms. The standard InChI is InChI=1S/C24H28N8O/c1-25-9-10-26-16-17-3-2-4-18(15-17)21-29-23(20-6-8-28-22-19(20)5-7-27-22)31-24(30-21)32-11-13-33-14-12-32/h2-8,15,25-26H,9-14,16H2,1H3,(H,27,28). The van der Waals surface area contributed by atoms with Crippen molar-refractivity contribution in [1.29, 1.82) is 0 Å². The Balaban J connectivity index is 1.54. The number of ether oxygens (including phenoxy) is 1. The van der Waals surface area contributed by atoms with Gasteiger partial charge in [0.2, 0.25) is 5.95 Å². The molecule has 1 aromatic carbocycles. The summed E-state index contributed by atoms with van der Waals surface area (Å²) in [5.41, 5.74) is 3.91. The number of nitrogens with one attached hydrogen (secondary N) is 3. The van der Waals surface area contributed by atoms with Crippen molar-refractivity contribution in [2.45, 2.75) is 6.54 Å². The Bertz CT molecular complexity index is 1220. The molecule has 0 unspecified atom stereocenters. The Labute approximate surface area is 192 Å². The number of aromatic amines is 1. The third-order valence-electron chi connectivity index (χ3n) is 5.68. The fourth-order valence-corrected chi connectivity index (χ4v) is 3.94. The van der Waals surface area contributed by atoms with Gasteiger partial charge >= 0.3 is 0 Å². The second-order valence-electron chi connectivity index (χ2n) is 7.96. The zero-order valence-corrected chi connectivity index (χ0v) is 18.7. The molecule has 1 saturated heterocycles. The van der Waals surface area contributed by atoms with Crippen LogP contribution in [-0.4, -0.2) is 71.4 Å². The van der Waals surface area contributed by atoms with Crippen molar-refractivity contribution in [2.24, 2.45) is 0 Å². The van der Waals surface area contributed by atoms with Crippen LogP contribution in [0, 0.1) is 0 Å². The fourth-order valence-electron chi connectivity index (χ4n) is 3.94. The summed E-state index contributed by atoms with van der Waals surface area (Å²) in [5, 5.41) is 7.59. The minimum Gasteiger partial charge on any atom is -0.378 e. The van der Waals surface area contributed by atoms with Crippen LogP contribution in [-0.2, 0) is 11.3 Å². The Hall–Kier alpha value is -3.40. The molecular formula is C24H28N8O. The molecule has 1 fully saturated rings. The van der Waals surface area contributed by atoms with Gasteiger partial charge < -0.3 is 25.3 Å². The van der Waals surface area contributed by atoms with Gasteiger partial charge in [-0.05, 0) is 30.8 Å². The van der Waals surface area contributed by atoms with Crippen molar-refractivity contribution in [2.75, 3.05) is 51.3 Å². The summed E-state index contributed by atoms with van der Waals surface area (Å²) in [6, 6.07) is 12.3. The summed E-state index contributed by atoms with van der Waals surface area (Å²) in [7, 11) is 1.96. The molecule has 0 saturated carbocycles. The number of anilines is 1. The first-order valence-electron chi connectivity index (χ1n) is 11.3. The summed E-state index contributed by atoms with van der Waals surface area (Å²) in [6.45, 7) is 5.48. The minimum absolute atomic E-state index is 0.644. The maximum Gasteiger partial charge on any atom is 0.229 e. The first-order valence-corrected chi connectivity index (χ1v) is 11.3. The highest BCUT2D eigenvalue weighted by Gasteiger charge is 2.19. The van der Waals surface area contributed by atoms with Gasteiger partial charge in [-0.2, -0.15) is 9.97 Å². The van der Waals surface area contributed by atoms with E-state index in [-0.39, 0.29) is 0 Å². The van der Waals surface area contributed by atoms with Gasteiger partial charge in [-0.1, -0.05) is 18.2 Å². The third-order valence-corrected chi connectivity index (χ3v) is 5.68. The monoisotopic (exact) mass is 444 g/mol. The molecular weight excluding hydrogens is 416 g/mol. The second kappa shape index (κ2) is 10.0. The van der Waals surface area contributed by atoms with Crippen molar-refractivity contribution in [1.82, 2.24) is 35.6 Å². The molecule has 0 bridgehead atoms. The van der Waals surface area contributed by atoms with E-state index >= 15 is 0 Å². The summed E-state index contributed by atoms with van der Waals surface area (Å²) in [6.07, 6.45) is 3.67. The molecule has 3 N–H and O–H groups in total. The number of fused-ring (bicyclic) bond motifs is 1. The Kier molecular flexibility index (Phi) is 6.52. The molecule has 5 rings (SSSR count). The zero-order valence-electron chi connectivity index (χ0n) is 18.7. The van der Waals surface area contributed by atoms with E-state index in [1.807, 2.05) is 25.4 Å². The number of benzene rings is 1. The van der Waals surface area contributed by atoms with Crippen LogP contribution in [0.4, 0.5) is 5.95 Å². The first-order chi connectivity index (χ1) is 16.3. The van der Waals surface area contributed by atoms with Crippen LogP contribution in [0.1, 0.15) is 5.56 Å². The lowest BCUT2D eigenvalue weighted by Crippen LogP contribution is -2.37. The summed E-state index contributed by atoms with van der Waals surface area (Å²) >= 11 is 0. The number of H-pyrrole nitrogens is 1. The summed E-state index contributed by atoms with van der Waals surface area (Å²) in [5.74, 6) is 1.99. The molecule has 1 aliphatic rings. The van der Waals surface area contributed by atoms with Gasteiger partial charge in [-0.25, -0.2) is 9.97 Å². The van der Waals surface area contributed by atoms with E-state index in [4.69, 9.17) is 19.7 Å². The van der Waals surface area contributed by atoms with Gasteiger partial charge in [-0.3, -0.25) is 0 Å². The van der Waals surface area contributed by atoms with Crippen molar-refractivity contribution < 1.29 is 4.74 Å². The molecule has 170 valence electrons. The third kappa shape index (κ3) is 4.85. The number of hydrogen-bond donors (Lipinski definition) is 3. The number of pyridine rings is 1. The number of hydrogen-bond acceptors (Lipinski definition) is 8. The van der Waals surface area contributed by atoms with E-state index in [2.05, 4.69) is 49.8 Å². The molecule has 0 amide bonds. The highest BCUT2D eigenvalue weighted by molar-refractivity contribution is 5.91. The summed E-state index contributed by atoms with van der Waals surface area (Å²) < 4.78 is 5.53. The molecule has 0 aliphatic carbocycles. The zero-order chi connectivity index (χ0) is 22.5. The maximum absolute atomic E-state index is 5.53. The quantitative estimate of drug-likeness (QED) is 0.356. The van der Waals surface area contributed by atoms with Crippen molar-refractivity contribution in [3.05, 3.63) is 54.4 Å². The fraction of sp³-hybridized carbons (Fsp3) is 0.333. The van der Waals surface area contributed by atoms with Gasteiger partial charge in [0.15, 0.2) is 11.6 Å². The molecule has 9 heteroatoms. The molecule has 0 atom stereocenters. The number of aromatic nitrogens is 5. The van der Waals surface area contributed by atoms with E-state index in [0.717, 1.165) is 54.9 Å². The van der Waals surface area contributed by atoms with Gasteiger partial charge in [0, 0.05) is 61.6 Å². The lowest BCUT2D eigenvalue weighted by molar-refractivity contribution is 0.122. The number of morpholine rings is 1. The van der Waals surface area contributed by atoms with Gasteiger partial charge in [0.1, 0.15) is 5.65 Å². The average molecular weight is 445 g/mol. The molecule has 0 radical (unpaired) electrons. The molecule has 0 spiro atoms. The average Bonchev–Trinajstić information content (AvgIpc) is 3.36. The second-order valence-corrected chi connectivity index (χ2v) is 7.96. The topological polar surface area (TPSA) is 104 Å². The normalized spacial score (nSPS) is 14.2. The summed E-state index contributed by atoms with van der Waals surface area (Å²) in [4.78, 5) is 24.4. The SMILES string of the molecule is CNCCNCc1cccc(-c2nc(-c3ccnc4[nH]ccc34)nc(N3CCOCC3)n2)c1. The lowest BCUT2D eigenvalue weighted by Gasteiger charge is -2.27. The van der Waals surface area contributed by atoms with E-state index < -0.39 is 0 Å². The van der Waals surface area contributed by atoms with Crippen LogP contribution in [0.3, 0.4) is 0 Å². The maximum atomic E-state index is 5.53. The molecule has 4 heterocycles. The number of likely N-dealkylation sites (N-methyl/N-ethyl adjacent to an activating group) is 1. The van der Waals surface area contributed by atoms with Gasteiger partial charge in [0.05, 0.1) is 13.2 Å². The van der Waals surface area contributed by atoms with Crippen molar-refractivity contribution >= 4 is 17.0 Å². The minimum atomic E-state index is 0.644. The Morgan fingerprint density at radius 2 is 1.91 bits per heavy atom. The molecule has 4 aromatic rings. The van der Waals surface area contributed by atoms with Crippen LogP contribution in [0.15, 0.2) is 48.8 Å². The Morgan fingerprint density at radius 3 is 2.79 bits per heavy atom.